The third kappa shape index (κ3) is 7.81. The van der Waals surface area contributed by atoms with Gasteiger partial charge in [0.2, 0.25) is 0 Å². The zero-order valence-corrected chi connectivity index (χ0v) is 15.0. The molecule has 2 aromatic carbocycles. The van der Waals surface area contributed by atoms with E-state index >= 15 is 0 Å². The van der Waals surface area contributed by atoms with Crippen LogP contribution in [0.5, 0.6) is 11.5 Å². The first kappa shape index (κ1) is 22.2. The van der Waals surface area contributed by atoms with Gasteiger partial charge in [-0.3, -0.25) is 0 Å². The highest BCUT2D eigenvalue weighted by molar-refractivity contribution is 5.85. The first-order valence-corrected chi connectivity index (χ1v) is 8.43. The molecule has 4 nitrogen and oxygen atoms in total. The zero-order chi connectivity index (χ0) is 21.5. The standard InChI is InChI=1S/C20H17F5O4/c21-19(22,23)12-1-13-28-16-7-9-17(10-8-16)29-20(24,25)15-5-2-14(3-6-15)4-11-18(26)27/h2-11H,1,12-13H2,(H,26,27)/b11-4+. The van der Waals surface area contributed by atoms with Crippen LogP contribution in [0.1, 0.15) is 24.0 Å². The minimum Gasteiger partial charge on any atom is -0.494 e. The summed E-state index contributed by atoms with van der Waals surface area (Å²) in [5.41, 5.74) is -0.00331. The van der Waals surface area contributed by atoms with E-state index in [1.807, 2.05) is 0 Å². The van der Waals surface area contributed by atoms with Gasteiger partial charge in [-0.1, -0.05) is 12.1 Å². The molecule has 29 heavy (non-hydrogen) atoms. The summed E-state index contributed by atoms with van der Waals surface area (Å²) in [5, 5.41) is 8.55. The van der Waals surface area contributed by atoms with Crippen molar-refractivity contribution in [2.24, 2.45) is 0 Å². The lowest BCUT2D eigenvalue weighted by molar-refractivity contribution is -0.185. The molecular weight excluding hydrogens is 399 g/mol. The fourth-order valence-corrected chi connectivity index (χ4v) is 2.23. The summed E-state index contributed by atoms with van der Waals surface area (Å²) in [6.07, 6.45) is -6.93. The van der Waals surface area contributed by atoms with E-state index in [1.165, 1.54) is 42.5 Å². The number of aliphatic carboxylic acids is 1. The molecule has 0 bridgehead atoms. The summed E-state index contributed by atoms with van der Waals surface area (Å²) in [6.45, 7) is -0.154. The van der Waals surface area contributed by atoms with E-state index in [1.54, 1.807) is 0 Å². The molecular formula is C20H17F5O4. The molecule has 0 saturated carbocycles. The number of hydrogen-bond donors (Lipinski definition) is 1. The Hall–Kier alpha value is -3.10. The summed E-state index contributed by atoms with van der Waals surface area (Å²) >= 11 is 0. The second kappa shape index (κ2) is 9.40. The van der Waals surface area contributed by atoms with Crippen molar-refractivity contribution < 1.29 is 41.3 Å². The molecule has 2 rings (SSSR count). The molecule has 0 fully saturated rings. The van der Waals surface area contributed by atoms with E-state index in [0.29, 0.717) is 5.56 Å². The van der Waals surface area contributed by atoms with Gasteiger partial charge in [0.15, 0.2) is 0 Å². The van der Waals surface area contributed by atoms with E-state index < -0.39 is 30.2 Å². The Labute approximate surface area is 163 Å². The van der Waals surface area contributed by atoms with Crippen molar-refractivity contribution in [2.75, 3.05) is 6.61 Å². The van der Waals surface area contributed by atoms with Crippen LogP contribution >= 0.6 is 0 Å². The van der Waals surface area contributed by atoms with Crippen LogP contribution in [0.25, 0.3) is 6.08 Å². The van der Waals surface area contributed by atoms with Gasteiger partial charge in [0, 0.05) is 12.5 Å². The second-order valence-corrected chi connectivity index (χ2v) is 5.95. The first-order chi connectivity index (χ1) is 13.5. The van der Waals surface area contributed by atoms with Crippen LogP contribution in [0.4, 0.5) is 22.0 Å². The summed E-state index contributed by atoms with van der Waals surface area (Å²) in [7, 11) is 0. The molecule has 0 aliphatic rings. The number of carboxylic acid groups (broad SMARTS) is 1. The quantitative estimate of drug-likeness (QED) is 0.327. The highest BCUT2D eigenvalue weighted by atomic mass is 19.4. The molecule has 0 aliphatic heterocycles. The van der Waals surface area contributed by atoms with Crippen LogP contribution in [0.15, 0.2) is 54.6 Å². The maximum atomic E-state index is 14.3. The van der Waals surface area contributed by atoms with Gasteiger partial charge >= 0.3 is 18.3 Å². The molecule has 0 spiro atoms. The van der Waals surface area contributed by atoms with Gasteiger partial charge in [-0.25, -0.2) is 4.79 Å². The predicted molar refractivity (Wildman–Crippen MR) is 94.9 cm³/mol. The van der Waals surface area contributed by atoms with E-state index in [-0.39, 0.29) is 24.5 Å². The fraction of sp³-hybridized carbons (Fsp3) is 0.250. The monoisotopic (exact) mass is 416 g/mol. The Bertz CT molecular complexity index is 827. The highest BCUT2D eigenvalue weighted by Gasteiger charge is 2.34. The van der Waals surface area contributed by atoms with Crippen molar-refractivity contribution in [3.63, 3.8) is 0 Å². The maximum absolute atomic E-state index is 14.3. The molecule has 156 valence electrons. The van der Waals surface area contributed by atoms with Crippen molar-refractivity contribution in [1.82, 2.24) is 0 Å². The number of benzene rings is 2. The lowest BCUT2D eigenvalue weighted by atomic mass is 10.1. The lowest BCUT2D eigenvalue weighted by Gasteiger charge is -2.18. The normalized spacial score (nSPS) is 12.2. The number of rotatable bonds is 9. The van der Waals surface area contributed by atoms with Crippen LogP contribution in [0, 0.1) is 0 Å². The van der Waals surface area contributed by atoms with Gasteiger partial charge in [0.1, 0.15) is 11.5 Å². The van der Waals surface area contributed by atoms with Crippen molar-refractivity contribution in [1.29, 1.82) is 0 Å². The van der Waals surface area contributed by atoms with Crippen molar-refractivity contribution in [2.45, 2.75) is 25.1 Å². The second-order valence-electron chi connectivity index (χ2n) is 5.95. The summed E-state index contributed by atoms with van der Waals surface area (Å²) in [5.74, 6) is -1.08. The molecule has 0 saturated heterocycles. The molecule has 0 aliphatic carbocycles. The molecule has 9 heteroatoms. The molecule has 0 radical (unpaired) electrons. The SMILES string of the molecule is O=C(O)/C=C/c1ccc(C(F)(F)Oc2ccc(OCCCC(F)(F)F)cc2)cc1. The van der Waals surface area contributed by atoms with Gasteiger partial charge in [0.05, 0.1) is 12.2 Å². The minimum absolute atomic E-state index is 0.154. The molecule has 1 N–H and O–H groups in total. The predicted octanol–water partition coefficient (Wildman–Crippen LogP) is 5.63. The van der Waals surface area contributed by atoms with Crippen molar-refractivity contribution in [3.8, 4) is 11.5 Å². The summed E-state index contributed by atoms with van der Waals surface area (Å²) in [6, 6.07) is 9.94. The van der Waals surface area contributed by atoms with Crippen LogP contribution < -0.4 is 9.47 Å². The van der Waals surface area contributed by atoms with Gasteiger partial charge in [-0.05, 0) is 54.5 Å². The topological polar surface area (TPSA) is 55.8 Å². The van der Waals surface area contributed by atoms with Gasteiger partial charge in [-0.2, -0.15) is 22.0 Å². The maximum Gasteiger partial charge on any atom is 0.426 e. The van der Waals surface area contributed by atoms with Crippen LogP contribution in [0.3, 0.4) is 0 Å². The Kier molecular flexibility index (Phi) is 7.19. The largest absolute Gasteiger partial charge is 0.494 e. The minimum atomic E-state index is -4.25. The molecule has 0 atom stereocenters. The third-order valence-corrected chi connectivity index (χ3v) is 3.61. The Morgan fingerprint density at radius 1 is 0.931 bits per heavy atom. The molecule has 0 heterocycles. The van der Waals surface area contributed by atoms with Crippen molar-refractivity contribution >= 4 is 12.0 Å². The van der Waals surface area contributed by atoms with E-state index in [2.05, 4.69) is 0 Å². The van der Waals surface area contributed by atoms with Gasteiger partial charge in [-0.15, -0.1) is 0 Å². The van der Waals surface area contributed by atoms with Crippen LogP contribution in [-0.4, -0.2) is 23.9 Å². The number of ether oxygens (including phenoxy) is 2. The zero-order valence-electron chi connectivity index (χ0n) is 15.0. The molecule has 0 aromatic heterocycles. The fourth-order valence-electron chi connectivity index (χ4n) is 2.23. The van der Waals surface area contributed by atoms with Gasteiger partial charge < -0.3 is 14.6 Å². The average Bonchev–Trinajstić information content (AvgIpc) is 2.64. The number of halogens is 5. The first-order valence-electron chi connectivity index (χ1n) is 8.43. The number of hydrogen-bond acceptors (Lipinski definition) is 3. The molecule has 2 aromatic rings. The Morgan fingerprint density at radius 2 is 1.52 bits per heavy atom. The van der Waals surface area contributed by atoms with E-state index in [9.17, 15) is 26.7 Å². The summed E-state index contributed by atoms with van der Waals surface area (Å²) < 4.78 is 74.5. The van der Waals surface area contributed by atoms with Crippen LogP contribution in [0.2, 0.25) is 0 Å². The van der Waals surface area contributed by atoms with Gasteiger partial charge in [0.25, 0.3) is 0 Å². The highest BCUT2D eigenvalue weighted by Crippen LogP contribution is 2.32. The molecule has 0 amide bonds. The van der Waals surface area contributed by atoms with Crippen LogP contribution in [-0.2, 0) is 10.9 Å². The third-order valence-electron chi connectivity index (χ3n) is 3.61. The Balaban J connectivity index is 1.93. The van der Waals surface area contributed by atoms with E-state index in [4.69, 9.17) is 14.6 Å². The van der Waals surface area contributed by atoms with E-state index in [0.717, 1.165) is 18.2 Å². The lowest BCUT2D eigenvalue weighted by Crippen LogP contribution is -2.21. The number of alkyl halides is 5. The number of carbonyl (C=O) groups is 1. The average molecular weight is 416 g/mol. The molecule has 0 unspecified atom stereocenters. The Morgan fingerprint density at radius 3 is 2.07 bits per heavy atom. The smallest absolute Gasteiger partial charge is 0.426 e. The number of carboxylic acids is 1. The van der Waals surface area contributed by atoms with Crippen molar-refractivity contribution in [3.05, 3.63) is 65.7 Å². The summed E-state index contributed by atoms with van der Waals surface area (Å²) in [4.78, 5) is 10.5.